The van der Waals surface area contributed by atoms with Crippen molar-refractivity contribution < 1.29 is 0 Å². The molecule has 3 aromatic carbocycles. The number of hydrogen-bond acceptors (Lipinski definition) is 1. The molecule has 0 spiro atoms. The van der Waals surface area contributed by atoms with E-state index in [0.717, 1.165) is 6.54 Å². The zero-order valence-corrected chi connectivity index (χ0v) is 14.3. The Balaban J connectivity index is 0.000000188. The van der Waals surface area contributed by atoms with Crippen LogP contribution in [0.4, 0.5) is 0 Å². The molecule has 0 aliphatic rings. The Hall–Kier alpha value is -1.86. The van der Waals surface area contributed by atoms with Gasteiger partial charge in [0, 0.05) is 0 Å². The number of fused-ring (bicyclic) bond motifs is 2. The van der Waals surface area contributed by atoms with Crippen LogP contribution in [0.25, 0.3) is 21.5 Å². The third-order valence-electron chi connectivity index (χ3n) is 4.17. The number of hydrogen-bond donors (Lipinski definition) is 1. The predicted octanol–water partition coefficient (Wildman–Crippen LogP) is 6.30. The van der Waals surface area contributed by atoms with Crippen molar-refractivity contribution in [3.05, 3.63) is 60.7 Å². The maximum atomic E-state index is 5.34. The summed E-state index contributed by atoms with van der Waals surface area (Å²) in [7, 11) is 0. The molecule has 3 rings (SSSR count). The Morgan fingerprint density at radius 1 is 0.609 bits per heavy atom. The van der Waals surface area contributed by atoms with Gasteiger partial charge >= 0.3 is 0 Å². The Kier molecular flexibility index (Phi) is 7.62. The molecule has 122 valence electrons. The largest absolute Gasteiger partial charge is 0.330 e. The third-order valence-corrected chi connectivity index (χ3v) is 4.17. The summed E-state index contributed by atoms with van der Waals surface area (Å²) in [5.41, 5.74) is 5.34. The van der Waals surface area contributed by atoms with E-state index in [1.165, 1.54) is 60.1 Å². The van der Waals surface area contributed by atoms with Gasteiger partial charge < -0.3 is 5.73 Å². The van der Waals surface area contributed by atoms with E-state index in [-0.39, 0.29) is 0 Å². The molecule has 23 heavy (non-hydrogen) atoms. The monoisotopic (exact) mass is 307 g/mol. The molecule has 0 amide bonds. The van der Waals surface area contributed by atoms with Gasteiger partial charge in [0.25, 0.3) is 0 Å². The second kappa shape index (κ2) is 10.0. The average Bonchev–Trinajstić information content (AvgIpc) is 2.60. The van der Waals surface area contributed by atoms with E-state index < -0.39 is 0 Å². The molecule has 0 aromatic heterocycles. The first-order chi connectivity index (χ1) is 11.3. The fraction of sp³-hybridized carbons (Fsp3) is 0.364. The van der Waals surface area contributed by atoms with Crippen molar-refractivity contribution in [3.8, 4) is 0 Å². The molecule has 0 aliphatic carbocycles. The third kappa shape index (κ3) is 5.69. The maximum absolute atomic E-state index is 5.34. The summed E-state index contributed by atoms with van der Waals surface area (Å²) >= 11 is 0. The minimum Gasteiger partial charge on any atom is -0.330 e. The van der Waals surface area contributed by atoms with Crippen LogP contribution < -0.4 is 5.73 Å². The van der Waals surface area contributed by atoms with Crippen molar-refractivity contribution in [1.29, 1.82) is 0 Å². The van der Waals surface area contributed by atoms with E-state index in [2.05, 4.69) is 67.6 Å². The van der Waals surface area contributed by atoms with Crippen LogP contribution in [0.1, 0.15) is 45.4 Å². The fourth-order valence-corrected chi connectivity index (χ4v) is 2.81. The standard InChI is InChI=1S/C14H10.C8H19N/c1-2-6-12-10-14-8-4-3-7-13(14)9-11(12)5-1;1-2-3-4-5-6-7-8-9/h1-10H;2-9H2,1H3. The van der Waals surface area contributed by atoms with E-state index in [1.54, 1.807) is 0 Å². The highest BCUT2D eigenvalue weighted by Gasteiger charge is 1.95. The minimum absolute atomic E-state index is 0.867. The van der Waals surface area contributed by atoms with Crippen molar-refractivity contribution >= 4 is 21.5 Å². The van der Waals surface area contributed by atoms with Gasteiger partial charge in [0.05, 0.1) is 0 Å². The van der Waals surface area contributed by atoms with Crippen LogP contribution in [-0.4, -0.2) is 6.54 Å². The lowest BCUT2D eigenvalue weighted by molar-refractivity contribution is 0.612. The second-order valence-corrected chi connectivity index (χ2v) is 6.10. The molecule has 0 saturated heterocycles. The van der Waals surface area contributed by atoms with Gasteiger partial charge in [0.1, 0.15) is 0 Å². The zero-order valence-electron chi connectivity index (χ0n) is 14.3. The van der Waals surface area contributed by atoms with E-state index in [1.807, 2.05) is 0 Å². The molecular formula is C22H29N. The highest BCUT2D eigenvalue weighted by atomic mass is 14.5. The van der Waals surface area contributed by atoms with Crippen LogP contribution in [0.2, 0.25) is 0 Å². The Morgan fingerprint density at radius 2 is 1.00 bits per heavy atom. The van der Waals surface area contributed by atoms with Crippen LogP contribution in [-0.2, 0) is 0 Å². The first-order valence-corrected chi connectivity index (χ1v) is 8.92. The summed E-state index contributed by atoms with van der Waals surface area (Å²) in [5.74, 6) is 0. The lowest BCUT2D eigenvalue weighted by Gasteiger charge is -2.00. The fourth-order valence-electron chi connectivity index (χ4n) is 2.81. The van der Waals surface area contributed by atoms with E-state index in [9.17, 15) is 0 Å². The molecule has 0 saturated carbocycles. The number of unbranched alkanes of at least 4 members (excludes halogenated alkanes) is 5. The molecule has 0 fully saturated rings. The van der Waals surface area contributed by atoms with Gasteiger partial charge in [0.15, 0.2) is 0 Å². The van der Waals surface area contributed by atoms with E-state index in [4.69, 9.17) is 5.73 Å². The number of benzene rings is 3. The predicted molar refractivity (Wildman–Crippen MR) is 104 cm³/mol. The molecule has 0 atom stereocenters. The van der Waals surface area contributed by atoms with Crippen molar-refractivity contribution in [2.75, 3.05) is 6.54 Å². The second-order valence-electron chi connectivity index (χ2n) is 6.10. The summed E-state index contributed by atoms with van der Waals surface area (Å²) in [6.07, 6.45) is 8.05. The summed E-state index contributed by atoms with van der Waals surface area (Å²) in [4.78, 5) is 0. The van der Waals surface area contributed by atoms with Crippen molar-refractivity contribution in [2.45, 2.75) is 45.4 Å². The molecule has 1 nitrogen and oxygen atoms in total. The van der Waals surface area contributed by atoms with Crippen molar-refractivity contribution in [3.63, 3.8) is 0 Å². The molecule has 3 aromatic rings. The maximum Gasteiger partial charge on any atom is -0.00773 e. The molecule has 0 bridgehead atoms. The summed E-state index contributed by atoms with van der Waals surface area (Å²) < 4.78 is 0. The van der Waals surface area contributed by atoms with Crippen LogP contribution in [0.3, 0.4) is 0 Å². The van der Waals surface area contributed by atoms with Gasteiger partial charge in [-0.2, -0.15) is 0 Å². The van der Waals surface area contributed by atoms with Crippen molar-refractivity contribution in [2.24, 2.45) is 5.73 Å². The van der Waals surface area contributed by atoms with Gasteiger partial charge in [-0.15, -0.1) is 0 Å². The molecule has 0 heterocycles. The quantitative estimate of drug-likeness (QED) is 0.420. The zero-order chi connectivity index (χ0) is 16.3. The first kappa shape index (κ1) is 17.5. The summed E-state index contributed by atoms with van der Waals surface area (Å²) in [6.45, 7) is 3.11. The normalized spacial score (nSPS) is 10.5. The van der Waals surface area contributed by atoms with E-state index >= 15 is 0 Å². The lowest BCUT2D eigenvalue weighted by atomic mass is 10.0. The molecule has 1 heteroatoms. The number of nitrogens with two attached hydrogens (primary N) is 1. The van der Waals surface area contributed by atoms with Gasteiger partial charge in [-0.05, 0) is 46.6 Å². The molecular weight excluding hydrogens is 278 g/mol. The molecule has 0 aliphatic heterocycles. The van der Waals surface area contributed by atoms with Crippen LogP contribution in [0, 0.1) is 0 Å². The van der Waals surface area contributed by atoms with Gasteiger partial charge in [-0.3, -0.25) is 0 Å². The Morgan fingerprint density at radius 3 is 1.39 bits per heavy atom. The first-order valence-electron chi connectivity index (χ1n) is 8.92. The van der Waals surface area contributed by atoms with Gasteiger partial charge in [0.2, 0.25) is 0 Å². The average molecular weight is 307 g/mol. The van der Waals surface area contributed by atoms with Crippen molar-refractivity contribution in [1.82, 2.24) is 0 Å². The lowest BCUT2D eigenvalue weighted by Crippen LogP contribution is -1.97. The summed E-state index contributed by atoms with van der Waals surface area (Å²) in [5, 5.41) is 5.25. The molecule has 0 unspecified atom stereocenters. The van der Waals surface area contributed by atoms with Crippen LogP contribution in [0.15, 0.2) is 60.7 Å². The Bertz CT molecular complexity index is 591. The highest BCUT2D eigenvalue weighted by molar-refractivity contribution is 5.98. The van der Waals surface area contributed by atoms with Crippen LogP contribution in [0.5, 0.6) is 0 Å². The minimum atomic E-state index is 0.867. The Labute approximate surface area is 140 Å². The number of rotatable bonds is 6. The van der Waals surface area contributed by atoms with Gasteiger partial charge in [-0.25, -0.2) is 0 Å². The smallest absolute Gasteiger partial charge is 0.00773 e. The summed E-state index contributed by atoms with van der Waals surface area (Å²) in [6, 6.07) is 21.4. The molecule has 2 N–H and O–H groups in total. The molecule has 0 radical (unpaired) electrons. The SMILES string of the molecule is CCCCCCCCN.c1ccc2cc3ccccc3cc2c1. The van der Waals surface area contributed by atoms with Gasteiger partial charge in [-0.1, -0.05) is 87.6 Å². The van der Waals surface area contributed by atoms with E-state index in [0.29, 0.717) is 0 Å². The topological polar surface area (TPSA) is 26.0 Å². The highest BCUT2D eigenvalue weighted by Crippen LogP contribution is 2.22. The van der Waals surface area contributed by atoms with Crippen LogP contribution >= 0.6 is 0 Å².